The number of hydrogen-bond acceptors (Lipinski definition) is 7. The average molecular weight is 456 g/mol. The molecule has 0 N–H and O–H groups in total. The Labute approximate surface area is 176 Å². The highest BCUT2D eigenvalue weighted by Crippen LogP contribution is 2.23. The van der Waals surface area contributed by atoms with Gasteiger partial charge in [-0.2, -0.15) is 9.40 Å². The monoisotopic (exact) mass is 455 g/mol. The van der Waals surface area contributed by atoms with Gasteiger partial charge in [0, 0.05) is 26.2 Å². The summed E-state index contributed by atoms with van der Waals surface area (Å²) >= 11 is 5.73. The second kappa shape index (κ2) is 7.73. The number of sulfonamides is 1. The standard InChI is InChI=1S/C18H19ClFN5O4S/c1-11-16-12(2)29-22-17(16)18(26)25(21-11)10-23-5-7-24(8-6-23)30(27,28)13-3-4-15(20)14(19)9-13/h3-4,9H,5-8,10H2,1-2H3. The molecule has 1 saturated heterocycles. The first-order valence-corrected chi connectivity index (χ1v) is 11.0. The highest BCUT2D eigenvalue weighted by molar-refractivity contribution is 7.89. The molecule has 0 unspecified atom stereocenters. The third kappa shape index (κ3) is 3.62. The van der Waals surface area contributed by atoms with Crippen molar-refractivity contribution in [3.8, 4) is 0 Å². The van der Waals surface area contributed by atoms with Crippen molar-refractivity contribution in [2.75, 3.05) is 26.2 Å². The fraction of sp³-hybridized carbons (Fsp3) is 0.389. The molecule has 0 amide bonds. The van der Waals surface area contributed by atoms with Crippen LogP contribution in [0.3, 0.4) is 0 Å². The quantitative estimate of drug-likeness (QED) is 0.590. The third-order valence-electron chi connectivity index (χ3n) is 5.13. The van der Waals surface area contributed by atoms with Crippen molar-refractivity contribution >= 4 is 32.5 Å². The van der Waals surface area contributed by atoms with E-state index in [9.17, 15) is 17.6 Å². The van der Waals surface area contributed by atoms with Crippen LogP contribution in [-0.4, -0.2) is 58.7 Å². The first-order valence-electron chi connectivity index (χ1n) is 9.20. The van der Waals surface area contributed by atoms with Gasteiger partial charge in [-0.05, 0) is 32.0 Å². The predicted octanol–water partition coefficient (Wildman–Crippen LogP) is 1.76. The van der Waals surface area contributed by atoms with E-state index in [0.29, 0.717) is 29.9 Å². The average Bonchev–Trinajstić information content (AvgIpc) is 3.10. The molecule has 0 spiro atoms. The molecule has 0 saturated carbocycles. The number of aryl methyl sites for hydroxylation is 2. The second-order valence-electron chi connectivity index (χ2n) is 7.09. The van der Waals surface area contributed by atoms with E-state index in [1.165, 1.54) is 15.1 Å². The third-order valence-corrected chi connectivity index (χ3v) is 7.31. The highest BCUT2D eigenvalue weighted by Gasteiger charge is 2.29. The highest BCUT2D eigenvalue weighted by atomic mass is 35.5. The second-order valence-corrected chi connectivity index (χ2v) is 9.44. The van der Waals surface area contributed by atoms with Gasteiger partial charge in [0.25, 0.3) is 5.56 Å². The van der Waals surface area contributed by atoms with Gasteiger partial charge in [-0.25, -0.2) is 17.5 Å². The van der Waals surface area contributed by atoms with Gasteiger partial charge >= 0.3 is 0 Å². The van der Waals surface area contributed by atoms with E-state index in [-0.39, 0.29) is 40.8 Å². The molecule has 3 aromatic rings. The van der Waals surface area contributed by atoms with Gasteiger partial charge in [0.1, 0.15) is 11.6 Å². The minimum Gasteiger partial charge on any atom is -0.360 e. The number of piperazine rings is 1. The number of fused-ring (bicyclic) bond motifs is 1. The van der Waals surface area contributed by atoms with Crippen LogP contribution < -0.4 is 5.56 Å². The van der Waals surface area contributed by atoms with Gasteiger partial charge in [0.15, 0.2) is 5.52 Å². The predicted molar refractivity (Wildman–Crippen MR) is 107 cm³/mol. The maximum atomic E-state index is 13.4. The van der Waals surface area contributed by atoms with Crippen LogP contribution in [0.15, 0.2) is 32.4 Å². The fourth-order valence-electron chi connectivity index (χ4n) is 3.53. The van der Waals surface area contributed by atoms with Gasteiger partial charge in [-0.15, -0.1) is 0 Å². The van der Waals surface area contributed by atoms with E-state index in [0.717, 1.165) is 12.1 Å². The molecule has 0 bridgehead atoms. The molecular weight excluding hydrogens is 437 g/mol. The summed E-state index contributed by atoms with van der Waals surface area (Å²) in [5, 5.41) is 8.55. The zero-order chi connectivity index (χ0) is 21.6. The van der Waals surface area contributed by atoms with Crippen LogP contribution in [0.2, 0.25) is 5.02 Å². The number of rotatable bonds is 4. The molecule has 3 heterocycles. The summed E-state index contributed by atoms with van der Waals surface area (Å²) in [6.45, 7) is 4.95. The van der Waals surface area contributed by atoms with Gasteiger partial charge in [0.05, 0.1) is 27.7 Å². The maximum Gasteiger partial charge on any atom is 0.298 e. The number of hydrogen-bond donors (Lipinski definition) is 0. The number of nitrogens with zero attached hydrogens (tertiary/aromatic N) is 5. The molecule has 4 rings (SSSR count). The van der Waals surface area contributed by atoms with Crippen molar-refractivity contribution in [1.29, 1.82) is 0 Å². The minimum atomic E-state index is -3.79. The van der Waals surface area contributed by atoms with E-state index in [4.69, 9.17) is 16.1 Å². The molecule has 0 radical (unpaired) electrons. The van der Waals surface area contributed by atoms with Crippen LogP contribution >= 0.6 is 11.6 Å². The molecule has 2 aromatic heterocycles. The van der Waals surface area contributed by atoms with Crippen LogP contribution in [0.1, 0.15) is 11.5 Å². The van der Waals surface area contributed by atoms with Crippen molar-refractivity contribution < 1.29 is 17.3 Å². The van der Waals surface area contributed by atoms with Crippen molar-refractivity contribution in [1.82, 2.24) is 24.1 Å². The Kier molecular flexibility index (Phi) is 5.39. The Morgan fingerprint density at radius 2 is 1.90 bits per heavy atom. The molecule has 1 aromatic carbocycles. The zero-order valence-electron chi connectivity index (χ0n) is 16.3. The summed E-state index contributed by atoms with van der Waals surface area (Å²) in [7, 11) is -3.79. The molecule has 30 heavy (non-hydrogen) atoms. The summed E-state index contributed by atoms with van der Waals surface area (Å²) in [6.07, 6.45) is 0. The van der Waals surface area contributed by atoms with Crippen LogP contribution in [0.25, 0.3) is 10.9 Å². The Morgan fingerprint density at radius 3 is 2.57 bits per heavy atom. The van der Waals surface area contributed by atoms with Crippen molar-refractivity contribution in [3.63, 3.8) is 0 Å². The van der Waals surface area contributed by atoms with Gasteiger partial charge in [0.2, 0.25) is 10.0 Å². The number of benzene rings is 1. The lowest BCUT2D eigenvalue weighted by atomic mass is 10.2. The summed E-state index contributed by atoms with van der Waals surface area (Å²) in [5.41, 5.74) is 0.510. The molecule has 9 nitrogen and oxygen atoms in total. The van der Waals surface area contributed by atoms with Crippen molar-refractivity contribution in [3.05, 3.63) is 50.8 Å². The molecule has 12 heteroatoms. The van der Waals surface area contributed by atoms with Gasteiger partial charge < -0.3 is 4.52 Å². The summed E-state index contributed by atoms with van der Waals surface area (Å²) < 4.78 is 46.7. The van der Waals surface area contributed by atoms with E-state index < -0.39 is 15.8 Å². The van der Waals surface area contributed by atoms with Crippen LogP contribution in [0.5, 0.6) is 0 Å². The smallest absolute Gasteiger partial charge is 0.298 e. The van der Waals surface area contributed by atoms with Gasteiger partial charge in [-0.3, -0.25) is 9.69 Å². The van der Waals surface area contributed by atoms with E-state index >= 15 is 0 Å². The molecule has 1 fully saturated rings. The summed E-state index contributed by atoms with van der Waals surface area (Å²) in [5.74, 6) is -0.132. The maximum absolute atomic E-state index is 13.4. The molecule has 1 aliphatic heterocycles. The van der Waals surface area contributed by atoms with Crippen LogP contribution in [0, 0.1) is 19.7 Å². The zero-order valence-corrected chi connectivity index (χ0v) is 17.9. The lowest BCUT2D eigenvalue weighted by molar-refractivity contribution is 0.143. The lowest BCUT2D eigenvalue weighted by Gasteiger charge is -2.33. The molecular formula is C18H19ClFN5O4S. The first kappa shape index (κ1) is 20.9. The van der Waals surface area contributed by atoms with Crippen molar-refractivity contribution in [2.24, 2.45) is 0 Å². The molecule has 1 aliphatic rings. The topological polar surface area (TPSA) is 102 Å². The molecule has 0 atom stereocenters. The molecule has 160 valence electrons. The van der Waals surface area contributed by atoms with Crippen LogP contribution in [0.4, 0.5) is 4.39 Å². The fourth-order valence-corrected chi connectivity index (χ4v) is 5.22. The Morgan fingerprint density at radius 1 is 1.20 bits per heavy atom. The summed E-state index contributed by atoms with van der Waals surface area (Å²) in [6, 6.07) is 3.35. The Hall–Kier alpha value is -2.34. The van der Waals surface area contributed by atoms with Gasteiger partial charge in [-0.1, -0.05) is 16.8 Å². The Balaban J connectivity index is 1.49. The number of aromatic nitrogens is 3. The number of halogens is 2. The normalized spacial score (nSPS) is 16.4. The van der Waals surface area contributed by atoms with Crippen molar-refractivity contribution in [2.45, 2.75) is 25.4 Å². The molecule has 0 aliphatic carbocycles. The minimum absolute atomic E-state index is 0.0530. The SMILES string of the molecule is Cc1nn(CN2CCN(S(=O)(=O)c3ccc(F)c(Cl)c3)CC2)c(=O)c2noc(C)c12. The summed E-state index contributed by atoms with van der Waals surface area (Å²) in [4.78, 5) is 14.5. The van der Waals surface area contributed by atoms with E-state index in [1.54, 1.807) is 13.8 Å². The van der Waals surface area contributed by atoms with E-state index in [2.05, 4.69) is 10.3 Å². The largest absolute Gasteiger partial charge is 0.360 e. The Bertz CT molecular complexity index is 1280. The van der Waals surface area contributed by atoms with E-state index in [1.807, 2.05) is 4.90 Å². The van der Waals surface area contributed by atoms with Crippen LogP contribution in [-0.2, 0) is 16.7 Å². The first-order chi connectivity index (χ1) is 14.2. The lowest BCUT2D eigenvalue weighted by Crippen LogP contribution is -2.49.